The fourth-order valence-corrected chi connectivity index (χ4v) is 2.12. The smallest absolute Gasteiger partial charge is 0.237 e. The lowest BCUT2D eigenvalue weighted by Gasteiger charge is -2.12. The fraction of sp³-hybridized carbons (Fsp3) is 0.500. The molecule has 3 rings (SSSR count). The van der Waals surface area contributed by atoms with Crippen LogP contribution in [0.3, 0.4) is 0 Å². The zero-order valence-corrected chi connectivity index (χ0v) is 11.0. The summed E-state index contributed by atoms with van der Waals surface area (Å²) in [6.45, 7) is 6.27. The molecule has 0 N–H and O–H groups in total. The van der Waals surface area contributed by atoms with E-state index >= 15 is 0 Å². The highest BCUT2D eigenvalue weighted by molar-refractivity contribution is 5.36. The van der Waals surface area contributed by atoms with Crippen molar-refractivity contribution in [2.45, 2.75) is 44.4 Å². The number of aromatic nitrogens is 3. The van der Waals surface area contributed by atoms with Crippen molar-refractivity contribution in [3.05, 3.63) is 41.8 Å². The molecule has 94 valence electrons. The molecule has 2 aromatic heterocycles. The van der Waals surface area contributed by atoms with Crippen LogP contribution in [0, 0.1) is 0 Å². The molecule has 0 radical (unpaired) electrons. The normalized spacial score (nSPS) is 17.7. The number of hydrogen-bond donors (Lipinski definition) is 0. The Balaban J connectivity index is 1.99. The second-order valence-corrected chi connectivity index (χ2v) is 6.00. The molecule has 4 heteroatoms. The van der Waals surface area contributed by atoms with Gasteiger partial charge in [0.25, 0.3) is 0 Å². The van der Waals surface area contributed by atoms with Gasteiger partial charge in [0.05, 0.1) is 5.41 Å². The highest BCUT2D eigenvalue weighted by atomic mass is 16.5. The molecular formula is C14H17N3O. The van der Waals surface area contributed by atoms with Crippen LogP contribution in [0.1, 0.15) is 50.9 Å². The first-order valence-electron chi connectivity index (χ1n) is 6.28. The molecule has 0 unspecified atom stereocenters. The van der Waals surface area contributed by atoms with Gasteiger partial charge in [0.15, 0.2) is 5.82 Å². The van der Waals surface area contributed by atoms with Crippen LogP contribution in [-0.4, -0.2) is 15.1 Å². The number of pyridine rings is 1. The molecule has 2 aromatic rings. The Hall–Kier alpha value is -1.71. The molecule has 4 nitrogen and oxygen atoms in total. The summed E-state index contributed by atoms with van der Waals surface area (Å²) in [6.07, 6.45) is 5.80. The third-order valence-corrected chi connectivity index (χ3v) is 3.47. The van der Waals surface area contributed by atoms with Gasteiger partial charge in [-0.25, -0.2) is 0 Å². The van der Waals surface area contributed by atoms with Crippen LogP contribution in [0.5, 0.6) is 0 Å². The molecule has 1 fully saturated rings. The van der Waals surface area contributed by atoms with Gasteiger partial charge in [-0.05, 0) is 24.5 Å². The number of hydrogen-bond acceptors (Lipinski definition) is 4. The second-order valence-electron chi connectivity index (χ2n) is 6.00. The summed E-state index contributed by atoms with van der Waals surface area (Å²) in [6, 6.07) is 4.04. The highest BCUT2D eigenvalue weighted by Gasteiger charge is 2.51. The van der Waals surface area contributed by atoms with Crippen molar-refractivity contribution in [2.75, 3.05) is 0 Å². The first kappa shape index (κ1) is 11.4. The van der Waals surface area contributed by atoms with Gasteiger partial charge in [0.1, 0.15) is 0 Å². The third-order valence-electron chi connectivity index (χ3n) is 3.47. The van der Waals surface area contributed by atoms with Crippen LogP contribution in [-0.2, 0) is 10.8 Å². The lowest BCUT2D eigenvalue weighted by Crippen LogP contribution is -2.15. The van der Waals surface area contributed by atoms with E-state index in [4.69, 9.17) is 4.52 Å². The molecule has 0 aliphatic heterocycles. The van der Waals surface area contributed by atoms with Crippen molar-refractivity contribution in [1.82, 2.24) is 15.1 Å². The highest BCUT2D eigenvalue weighted by Crippen LogP contribution is 2.52. The molecule has 1 aliphatic carbocycles. The van der Waals surface area contributed by atoms with Crippen LogP contribution in [0.25, 0.3) is 0 Å². The lowest BCUT2D eigenvalue weighted by atomic mass is 9.95. The van der Waals surface area contributed by atoms with Crippen LogP contribution < -0.4 is 0 Å². The second kappa shape index (κ2) is 3.64. The van der Waals surface area contributed by atoms with Crippen LogP contribution in [0.2, 0.25) is 0 Å². The average molecular weight is 243 g/mol. The molecule has 0 saturated heterocycles. The molecule has 0 spiro atoms. The van der Waals surface area contributed by atoms with Crippen molar-refractivity contribution in [2.24, 2.45) is 0 Å². The van der Waals surface area contributed by atoms with Crippen molar-refractivity contribution < 1.29 is 4.52 Å². The van der Waals surface area contributed by atoms with Gasteiger partial charge in [-0.1, -0.05) is 32.0 Å². The molecule has 0 atom stereocenters. The third kappa shape index (κ3) is 1.72. The van der Waals surface area contributed by atoms with E-state index in [-0.39, 0.29) is 10.8 Å². The molecule has 0 amide bonds. The van der Waals surface area contributed by atoms with Gasteiger partial charge in [0.2, 0.25) is 5.89 Å². The molecule has 0 bridgehead atoms. The SMILES string of the molecule is CC(C)(C)c1noc(C2(c3cccnc3)CC2)n1. The van der Waals surface area contributed by atoms with Gasteiger partial charge < -0.3 is 4.52 Å². The quantitative estimate of drug-likeness (QED) is 0.813. The Morgan fingerprint density at radius 2 is 2.06 bits per heavy atom. The minimum atomic E-state index is -0.0786. The zero-order chi connectivity index (χ0) is 12.8. The number of rotatable bonds is 2. The van der Waals surface area contributed by atoms with Gasteiger partial charge in [-0.3, -0.25) is 4.98 Å². The predicted molar refractivity (Wildman–Crippen MR) is 67.2 cm³/mol. The number of nitrogens with zero attached hydrogens (tertiary/aromatic N) is 3. The van der Waals surface area contributed by atoms with Crippen molar-refractivity contribution in [3.8, 4) is 0 Å². The van der Waals surface area contributed by atoms with Gasteiger partial charge >= 0.3 is 0 Å². The van der Waals surface area contributed by atoms with Crippen LogP contribution in [0.15, 0.2) is 29.0 Å². The van der Waals surface area contributed by atoms with Crippen molar-refractivity contribution in [3.63, 3.8) is 0 Å². The first-order valence-corrected chi connectivity index (χ1v) is 6.28. The summed E-state index contributed by atoms with van der Waals surface area (Å²) in [7, 11) is 0. The van der Waals surface area contributed by atoms with E-state index in [1.165, 1.54) is 5.56 Å². The fourth-order valence-electron chi connectivity index (χ4n) is 2.12. The van der Waals surface area contributed by atoms with E-state index in [9.17, 15) is 0 Å². The molecular weight excluding hydrogens is 226 g/mol. The Morgan fingerprint density at radius 3 is 2.56 bits per heavy atom. The summed E-state index contributed by atoms with van der Waals surface area (Å²) >= 11 is 0. The Kier molecular flexibility index (Phi) is 2.30. The van der Waals surface area contributed by atoms with E-state index in [0.717, 1.165) is 24.6 Å². The molecule has 18 heavy (non-hydrogen) atoms. The maximum atomic E-state index is 5.48. The Bertz CT molecular complexity index is 550. The topological polar surface area (TPSA) is 51.8 Å². The van der Waals surface area contributed by atoms with Crippen molar-refractivity contribution >= 4 is 0 Å². The molecule has 0 aromatic carbocycles. The lowest BCUT2D eigenvalue weighted by molar-refractivity contribution is 0.347. The van der Waals surface area contributed by atoms with Gasteiger partial charge in [0, 0.05) is 17.8 Å². The maximum Gasteiger partial charge on any atom is 0.237 e. The van der Waals surface area contributed by atoms with Crippen molar-refractivity contribution in [1.29, 1.82) is 0 Å². The largest absolute Gasteiger partial charge is 0.338 e. The van der Waals surface area contributed by atoms with E-state index in [2.05, 4.69) is 42.0 Å². The van der Waals surface area contributed by atoms with E-state index in [0.29, 0.717) is 0 Å². The summed E-state index contributed by atoms with van der Waals surface area (Å²) in [5.74, 6) is 1.51. The predicted octanol–water partition coefficient (Wildman–Crippen LogP) is 2.84. The summed E-state index contributed by atoms with van der Waals surface area (Å²) < 4.78 is 5.48. The van der Waals surface area contributed by atoms with Crippen LogP contribution in [0.4, 0.5) is 0 Å². The molecule has 1 saturated carbocycles. The average Bonchev–Trinajstić information content (AvgIpc) is 2.99. The molecule has 2 heterocycles. The monoisotopic (exact) mass is 243 g/mol. The zero-order valence-electron chi connectivity index (χ0n) is 11.0. The first-order chi connectivity index (χ1) is 8.52. The standard InChI is InChI=1S/C14H17N3O/c1-13(2,3)11-16-12(18-17-11)14(6-7-14)10-5-4-8-15-9-10/h4-5,8-9H,6-7H2,1-3H3. The van der Waals surface area contributed by atoms with E-state index in [1.807, 2.05) is 12.3 Å². The van der Waals surface area contributed by atoms with E-state index in [1.54, 1.807) is 6.20 Å². The minimum absolute atomic E-state index is 0.0766. The maximum absolute atomic E-state index is 5.48. The Labute approximate surface area is 106 Å². The minimum Gasteiger partial charge on any atom is -0.338 e. The van der Waals surface area contributed by atoms with Crippen LogP contribution >= 0.6 is 0 Å². The Morgan fingerprint density at radius 1 is 1.28 bits per heavy atom. The van der Waals surface area contributed by atoms with Gasteiger partial charge in [-0.15, -0.1) is 0 Å². The summed E-state index contributed by atoms with van der Waals surface area (Å²) in [4.78, 5) is 8.77. The van der Waals surface area contributed by atoms with E-state index < -0.39 is 0 Å². The molecule has 1 aliphatic rings. The van der Waals surface area contributed by atoms with Gasteiger partial charge in [-0.2, -0.15) is 4.98 Å². The summed E-state index contributed by atoms with van der Waals surface area (Å²) in [5, 5.41) is 4.11. The summed E-state index contributed by atoms with van der Waals surface area (Å²) in [5.41, 5.74) is 1.02.